The van der Waals surface area contributed by atoms with Gasteiger partial charge in [-0.25, -0.2) is 4.39 Å². The molecule has 2 N–H and O–H groups in total. The highest BCUT2D eigenvalue weighted by molar-refractivity contribution is 5.79. The molecule has 2 aromatic rings. The Hall–Kier alpha value is -2.37. The van der Waals surface area contributed by atoms with Crippen LogP contribution >= 0.6 is 0 Å². The summed E-state index contributed by atoms with van der Waals surface area (Å²) in [5.74, 6) is 0.474. The Bertz CT molecular complexity index is 537. The maximum atomic E-state index is 12.8. The van der Waals surface area contributed by atoms with Crippen molar-refractivity contribution in [3.8, 4) is 0 Å². The van der Waals surface area contributed by atoms with Gasteiger partial charge in [0.05, 0.1) is 6.54 Å². The van der Waals surface area contributed by atoms with Gasteiger partial charge in [0.15, 0.2) is 5.96 Å². The molecule has 1 heterocycles. The molecule has 0 fully saturated rings. The first-order chi connectivity index (χ1) is 9.78. The molecule has 5 nitrogen and oxygen atoms in total. The summed E-state index contributed by atoms with van der Waals surface area (Å²) in [4.78, 5) is 4.11. The Morgan fingerprint density at radius 1 is 1.25 bits per heavy atom. The molecule has 2 rings (SSSR count). The summed E-state index contributed by atoms with van der Waals surface area (Å²) < 4.78 is 17.5. The fourth-order valence-corrected chi connectivity index (χ4v) is 1.70. The SMILES string of the molecule is CN=C(NCCc1ccc(F)cc1)NCc1ccon1. The van der Waals surface area contributed by atoms with Crippen LogP contribution in [-0.4, -0.2) is 24.7 Å². The molecule has 1 aromatic carbocycles. The number of hydrogen-bond acceptors (Lipinski definition) is 3. The molecule has 0 aliphatic carbocycles. The van der Waals surface area contributed by atoms with Crippen LogP contribution in [0, 0.1) is 5.82 Å². The highest BCUT2D eigenvalue weighted by Gasteiger charge is 2.00. The molecule has 0 amide bonds. The number of nitrogens with zero attached hydrogens (tertiary/aromatic N) is 2. The summed E-state index contributed by atoms with van der Waals surface area (Å²) in [5.41, 5.74) is 1.89. The van der Waals surface area contributed by atoms with E-state index < -0.39 is 0 Å². The zero-order chi connectivity index (χ0) is 14.2. The second kappa shape index (κ2) is 7.28. The smallest absolute Gasteiger partial charge is 0.191 e. The molecular formula is C14H17FN4O. The van der Waals surface area contributed by atoms with Crippen molar-refractivity contribution in [2.24, 2.45) is 4.99 Å². The van der Waals surface area contributed by atoms with Gasteiger partial charge in [0, 0.05) is 19.7 Å². The average molecular weight is 276 g/mol. The molecule has 0 saturated heterocycles. The number of benzene rings is 1. The van der Waals surface area contributed by atoms with Gasteiger partial charge in [-0.05, 0) is 24.1 Å². The number of rotatable bonds is 5. The third kappa shape index (κ3) is 4.38. The predicted molar refractivity (Wildman–Crippen MR) is 74.8 cm³/mol. The Kier molecular flexibility index (Phi) is 5.11. The van der Waals surface area contributed by atoms with Crippen molar-refractivity contribution in [2.75, 3.05) is 13.6 Å². The van der Waals surface area contributed by atoms with Crippen molar-refractivity contribution in [1.29, 1.82) is 0 Å². The van der Waals surface area contributed by atoms with Crippen molar-refractivity contribution in [3.63, 3.8) is 0 Å². The summed E-state index contributed by atoms with van der Waals surface area (Å²) in [5, 5.41) is 10.1. The van der Waals surface area contributed by atoms with Crippen molar-refractivity contribution in [3.05, 3.63) is 53.7 Å². The van der Waals surface area contributed by atoms with Gasteiger partial charge < -0.3 is 15.2 Å². The van der Waals surface area contributed by atoms with Crippen LogP contribution < -0.4 is 10.6 Å². The molecule has 0 saturated carbocycles. The van der Waals surface area contributed by atoms with Crippen molar-refractivity contribution in [1.82, 2.24) is 15.8 Å². The zero-order valence-electron chi connectivity index (χ0n) is 11.3. The Morgan fingerprint density at radius 2 is 2.05 bits per heavy atom. The number of nitrogens with one attached hydrogen (secondary N) is 2. The first-order valence-electron chi connectivity index (χ1n) is 6.36. The minimum atomic E-state index is -0.216. The van der Waals surface area contributed by atoms with Crippen LogP contribution in [0.2, 0.25) is 0 Å². The first kappa shape index (κ1) is 14.0. The Morgan fingerprint density at radius 3 is 2.70 bits per heavy atom. The number of aliphatic imine (C=N–C) groups is 1. The first-order valence-corrected chi connectivity index (χ1v) is 6.36. The van der Waals surface area contributed by atoms with Crippen molar-refractivity contribution >= 4 is 5.96 Å². The third-order valence-corrected chi connectivity index (χ3v) is 2.77. The predicted octanol–water partition coefficient (Wildman–Crippen LogP) is 1.72. The van der Waals surface area contributed by atoms with Crippen LogP contribution in [0.1, 0.15) is 11.3 Å². The molecule has 6 heteroatoms. The van der Waals surface area contributed by atoms with Crippen molar-refractivity contribution < 1.29 is 8.91 Å². The lowest BCUT2D eigenvalue weighted by Crippen LogP contribution is -2.37. The van der Waals surface area contributed by atoms with Crippen LogP contribution in [0.4, 0.5) is 4.39 Å². The van der Waals surface area contributed by atoms with E-state index in [1.54, 1.807) is 25.2 Å². The fourth-order valence-electron chi connectivity index (χ4n) is 1.70. The number of aromatic nitrogens is 1. The second-order valence-electron chi connectivity index (χ2n) is 4.22. The molecule has 0 unspecified atom stereocenters. The van der Waals surface area contributed by atoms with Gasteiger partial charge in [-0.3, -0.25) is 4.99 Å². The summed E-state index contributed by atoms with van der Waals surface area (Å²) >= 11 is 0. The minimum absolute atomic E-state index is 0.216. The number of halogens is 1. The molecule has 0 atom stereocenters. The average Bonchev–Trinajstić information content (AvgIpc) is 2.98. The summed E-state index contributed by atoms with van der Waals surface area (Å²) in [6.45, 7) is 1.26. The molecule has 0 spiro atoms. The summed E-state index contributed by atoms with van der Waals surface area (Å²) in [6.07, 6.45) is 2.33. The maximum absolute atomic E-state index is 12.8. The minimum Gasteiger partial charge on any atom is -0.364 e. The zero-order valence-corrected chi connectivity index (χ0v) is 11.3. The standard InChI is InChI=1S/C14H17FN4O/c1-16-14(18-10-13-7-9-20-19-13)17-8-6-11-2-4-12(15)5-3-11/h2-5,7,9H,6,8,10H2,1H3,(H2,16,17,18). The lowest BCUT2D eigenvalue weighted by Gasteiger charge is -2.10. The van der Waals surface area contributed by atoms with Gasteiger partial charge >= 0.3 is 0 Å². The molecule has 0 radical (unpaired) electrons. The molecule has 0 aliphatic heterocycles. The van der Waals surface area contributed by atoms with E-state index in [1.807, 2.05) is 0 Å². The molecule has 1 aromatic heterocycles. The highest BCUT2D eigenvalue weighted by atomic mass is 19.1. The fraction of sp³-hybridized carbons (Fsp3) is 0.286. The van der Waals surface area contributed by atoms with Gasteiger partial charge in [0.2, 0.25) is 0 Å². The molecule has 20 heavy (non-hydrogen) atoms. The Labute approximate surface area is 116 Å². The van der Waals surface area contributed by atoms with Gasteiger partial charge in [0.1, 0.15) is 17.8 Å². The van der Waals surface area contributed by atoms with Crippen LogP contribution in [0.3, 0.4) is 0 Å². The second-order valence-corrected chi connectivity index (χ2v) is 4.22. The van der Waals surface area contributed by atoms with E-state index in [2.05, 4.69) is 20.8 Å². The van der Waals surface area contributed by atoms with E-state index in [-0.39, 0.29) is 5.82 Å². The van der Waals surface area contributed by atoms with E-state index >= 15 is 0 Å². The highest BCUT2D eigenvalue weighted by Crippen LogP contribution is 2.02. The van der Waals surface area contributed by atoms with E-state index in [0.717, 1.165) is 17.7 Å². The van der Waals surface area contributed by atoms with E-state index in [0.29, 0.717) is 19.0 Å². The molecule has 0 aliphatic rings. The van der Waals surface area contributed by atoms with Gasteiger partial charge in [0.25, 0.3) is 0 Å². The van der Waals surface area contributed by atoms with E-state index in [9.17, 15) is 4.39 Å². The monoisotopic (exact) mass is 276 g/mol. The van der Waals surface area contributed by atoms with Crippen LogP contribution in [0.15, 0.2) is 46.1 Å². The molecular weight excluding hydrogens is 259 g/mol. The van der Waals surface area contributed by atoms with Crippen LogP contribution in [0.25, 0.3) is 0 Å². The summed E-state index contributed by atoms with van der Waals surface area (Å²) in [6, 6.07) is 8.28. The topological polar surface area (TPSA) is 62.5 Å². The van der Waals surface area contributed by atoms with E-state index in [1.165, 1.54) is 18.4 Å². The van der Waals surface area contributed by atoms with Gasteiger partial charge in [-0.1, -0.05) is 17.3 Å². The van der Waals surface area contributed by atoms with Gasteiger partial charge in [-0.15, -0.1) is 0 Å². The largest absolute Gasteiger partial charge is 0.364 e. The molecule has 0 bridgehead atoms. The summed E-state index contributed by atoms with van der Waals surface area (Å²) in [7, 11) is 1.70. The third-order valence-electron chi connectivity index (χ3n) is 2.77. The quantitative estimate of drug-likeness (QED) is 0.645. The van der Waals surface area contributed by atoms with Crippen molar-refractivity contribution in [2.45, 2.75) is 13.0 Å². The number of hydrogen-bond donors (Lipinski definition) is 2. The Balaban J connectivity index is 1.72. The molecule has 106 valence electrons. The number of guanidine groups is 1. The normalized spacial score (nSPS) is 11.4. The van der Waals surface area contributed by atoms with Crippen LogP contribution in [0.5, 0.6) is 0 Å². The van der Waals surface area contributed by atoms with E-state index in [4.69, 9.17) is 4.52 Å². The van der Waals surface area contributed by atoms with Gasteiger partial charge in [-0.2, -0.15) is 0 Å². The van der Waals surface area contributed by atoms with Crippen LogP contribution in [-0.2, 0) is 13.0 Å². The lowest BCUT2D eigenvalue weighted by atomic mass is 10.1. The lowest BCUT2D eigenvalue weighted by molar-refractivity contribution is 0.410. The maximum Gasteiger partial charge on any atom is 0.191 e.